The van der Waals surface area contributed by atoms with Gasteiger partial charge in [0.1, 0.15) is 6.04 Å². The summed E-state index contributed by atoms with van der Waals surface area (Å²) >= 11 is 0. The standard InChI is InChI=1S/C19H20N2O5S/c22-18(20-17(19(23)24)12-13-6-7-13)14-8-10-16(11-9-14)27(25,26)21-15-4-2-1-3-5-15/h1-5,8-11,13,17,21H,6-7,12H2,(H,20,22)(H,23,24). The van der Waals surface area contributed by atoms with Crippen LogP contribution >= 0.6 is 0 Å². The fourth-order valence-electron chi connectivity index (χ4n) is 2.66. The van der Waals surface area contributed by atoms with Gasteiger partial charge in [-0.15, -0.1) is 0 Å². The van der Waals surface area contributed by atoms with E-state index in [-0.39, 0.29) is 10.5 Å². The first kappa shape index (κ1) is 18.9. The molecule has 142 valence electrons. The Morgan fingerprint density at radius 3 is 2.22 bits per heavy atom. The first-order valence-electron chi connectivity index (χ1n) is 8.57. The second-order valence-corrected chi connectivity index (χ2v) is 8.22. The number of hydrogen-bond acceptors (Lipinski definition) is 4. The van der Waals surface area contributed by atoms with E-state index in [9.17, 15) is 23.1 Å². The van der Waals surface area contributed by atoms with E-state index in [1.165, 1.54) is 24.3 Å². The number of carboxylic acids is 1. The first-order valence-corrected chi connectivity index (χ1v) is 10.0. The average Bonchev–Trinajstić information content (AvgIpc) is 3.46. The second kappa shape index (κ2) is 7.79. The molecule has 0 saturated heterocycles. The molecule has 1 aliphatic rings. The monoisotopic (exact) mass is 388 g/mol. The van der Waals surface area contributed by atoms with Crippen molar-refractivity contribution in [2.45, 2.75) is 30.2 Å². The average molecular weight is 388 g/mol. The molecule has 1 fully saturated rings. The highest BCUT2D eigenvalue weighted by molar-refractivity contribution is 7.92. The molecule has 1 unspecified atom stereocenters. The smallest absolute Gasteiger partial charge is 0.326 e. The van der Waals surface area contributed by atoms with Gasteiger partial charge in [-0.2, -0.15) is 0 Å². The fourth-order valence-corrected chi connectivity index (χ4v) is 3.71. The molecular weight excluding hydrogens is 368 g/mol. The fraction of sp³-hybridized carbons (Fsp3) is 0.263. The Balaban J connectivity index is 1.68. The van der Waals surface area contributed by atoms with Crippen LogP contribution in [0.25, 0.3) is 0 Å². The molecule has 0 aromatic heterocycles. The largest absolute Gasteiger partial charge is 0.480 e. The summed E-state index contributed by atoms with van der Waals surface area (Å²) in [6.07, 6.45) is 2.38. The Morgan fingerprint density at radius 1 is 1.04 bits per heavy atom. The molecule has 7 nitrogen and oxygen atoms in total. The van der Waals surface area contributed by atoms with Crippen LogP contribution in [0.5, 0.6) is 0 Å². The molecule has 0 heterocycles. The van der Waals surface area contributed by atoms with Gasteiger partial charge in [0.25, 0.3) is 15.9 Å². The molecule has 2 aromatic carbocycles. The summed E-state index contributed by atoms with van der Waals surface area (Å²) in [7, 11) is -3.78. The number of aliphatic carboxylic acids is 1. The van der Waals surface area contributed by atoms with Crippen LogP contribution in [-0.2, 0) is 14.8 Å². The van der Waals surface area contributed by atoms with Crippen LogP contribution in [0.3, 0.4) is 0 Å². The Bertz CT molecular complexity index is 922. The molecule has 0 spiro atoms. The van der Waals surface area contributed by atoms with E-state index < -0.39 is 27.9 Å². The quantitative estimate of drug-likeness (QED) is 0.643. The molecular formula is C19H20N2O5S. The van der Waals surface area contributed by atoms with Gasteiger partial charge in [-0.25, -0.2) is 13.2 Å². The van der Waals surface area contributed by atoms with Crippen LogP contribution in [0.2, 0.25) is 0 Å². The van der Waals surface area contributed by atoms with E-state index in [0.717, 1.165) is 12.8 Å². The predicted molar refractivity (Wildman–Crippen MR) is 99.9 cm³/mol. The maximum atomic E-state index is 12.4. The van der Waals surface area contributed by atoms with Crippen LogP contribution in [0, 0.1) is 5.92 Å². The van der Waals surface area contributed by atoms with E-state index in [1.54, 1.807) is 30.3 Å². The zero-order chi connectivity index (χ0) is 19.4. The summed E-state index contributed by atoms with van der Waals surface area (Å²) < 4.78 is 27.2. The van der Waals surface area contributed by atoms with Crippen LogP contribution in [0.15, 0.2) is 59.5 Å². The third-order valence-electron chi connectivity index (χ3n) is 4.32. The molecule has 27 heavy (non-hydrogen) atoms. The Hall–Kier alpha value is -2.87. The number of carbonyl (C=O) groups excluding carboxylic acids is 1. The van der Waals surface area contributed by atoms with Crippen molar-refractivity contribution < 1.29 is 23.1 Å². The molecule has 3 N–H and O–H groups in total. The van der Waals surface area contributed by atoms with E-state index in [0.29, 0.717) is 18.0 Å². The summed E-state index contributed by atoms with van der Waals surface area (Å²) in [5.74, 6) is -1.26. The minimum Gasteiger partial charge on any atom is -0.480 e. The lowest BCUT2D eigenvalue weighted by atomic mass is 10.1. The third kappa shape index (κ3) is 5.07. The molecule has 0 bridgehead atoms. The Labute approximate surface area is 157 Å². The predicted octanol–water partition coefficient (Wildman–Crippen LogP) is 2.47. The summed E-state index contributed by atoms with van der Waals surface area (Å²) in [5.41, 5.74) is 0.638. The molecule has 1 atom stereocenters. The number of hydrogen-bond donors (Lipinski definition) is 3. The number of amides is 1. The number of carboxylic acid groups (broad SMARTS) is 1. The van der Waals surface area contributed by atoms with E-state index >= 15 is 0 Å². The van der Waals surface area contributed by atoms with E-state index in [1.807, 2.05) is 0 Å². The van der Waals surface area contributed by atoms with Gasteiger partial charge in [0, 0.05) is 11.3 Å². The van der Waals surface area contributed by atoms with Crippen molar-refractivity contribution in [1.29, 1.82) is 0 Å². The van der Waals surface area contributed by atoms with Crippen molar-refractivity contribution in [2.24, 2.45) is 5.92 Å². The van der Waals surface area contributed by atoms with Gasteiger partial charge >= 0.3 is 5.97 Å². The van der Waals surface area contributed by atoms with Crippen LogP contribution < -0.4 is 10.0 Å². The van der Waals surface area contributed by atoms with Crippen molar-refractivity contribution >= 4 is 27.6 Å². The number of anilines is 1. The summed E-state index contributed by atoms with van der Waals surface area (Å²) in [5, 5.41) is 11.7. The van der Waals surface area contributed by atoms with Gasteiger partial charge in [0.2, 0.25) is 0 Å². The summed E-state index contributed by atoms with van der Waals surface area (Å²) in [6, 6.07) is 12.9. The SMILES string of the molecule is O=C(NC(CC1CC1)C(=O)O)c1ccc(S(=O)(=O)Nc2ccccc2)cc1. The molecule has 8 heteroatoms. The van der Waals surface area contributed by atoms with Crippen molar-refractivity contribution in [2.75, 3.05) is 4.72 Å². The van der Waals surface area contributed by atoms with Gasteiger partial charge in [0.05, 0.1) is 4.90 Å². The highest BCUT2D eigenvalue weighted by atomic mass is 32.2. The van der Waals surface area contributed by atoms with Gasteiger partial charge in [-0.1, -0.05) is 31.0 Å². The molecule has 0 aliphatic heterocycles. The van der Waals surface area contributed by atoms with Gasteiger partial charge in [-0.3, -0.25) is 9.52 Å². The second-order valence-electron chi connectivity index (χ2n) is 6.54. The maximum Gasteiger partial charge on any atom is 0.326 e. The number of carbonyl (C=O) groups is 2. The number of benzene rings is 2. The Morgan fingerprint density at radius 2 is 1.67 bits per heavy atom. The van der Waals surface area contributed by atoms with Crippen molar-refractivity contribution in [3.63, 3.8) is 0 Å². The van der Waals surface area contributed by atoms with Crippen LogP contribution in [-0.4, -0.2) is 31.4 Å². The molecule has 0 radical (unpaired) electrons. The third-order valence-corrected chi connectivity index (χ3v) is 5.72. The van der Waals surface area contributed by atoms with Gasteiger partial charge in [-0.05, 0) is 48.7 Å². The molecule has 3 rings (SSSR count). The van der Waals surface area contributed by atoms with Crippen molar-refractivity contribution in [3.05, 3.63) is 60.2 Å². The minimum absolute atomic E-state index is 0.00988. The minimum atomic E-state index is -3.78. The van der Waals surface area contributed by atoms with Crippen LogP contribution in [0.4, 0.5) is 5.69 Å². The lowest BCUT2D eigenvalue weighted by Gasteiger charge is -2.14. The zero-order valence-corrected chi connectivity index (χ0v) is 15.3. The van der Waals surface area contributed by atoms with Crippen LogP contribution in [0.1, 0.15) is 29.6 Å². The lowest BCUT2D eigenvalue weighted by molar-refractivity contribution is -0.139. The highest BCUT2D eigenvalue weighted by Gasteiger charge is 2.30. The zero-order valence-electron chi connectivity index (χ0n) is 14.5. The lowest BCUT2D eigenvalue weighted by Crippen LogP contribution is -2.41. The Kier molecular flexibility index (Phi) is 5.46. The number of sulfonamides is 1. The molecule has 2 aromatic rings. The van der Waals surface area contributed by atoms with Gasteiger partial charge in [0.15, 0.2) is 0 Å². The number of rotatable bonds is 8. The van der Waals surface area contributed by atoms with Crippen molar-refractivity contribution in [1.82, 2.24) is 5.32 Å². The normalized spacial score (nSPS) is 15.0. The summed E-state index contributed by atoms with van der Waals surface area (Å²) in [6.45, 7) is 0. The highest BCUT2D eigenvalue weighted by Crippen LogP contribution is 2.33. The number of nitrogens with one attached hydrogen (secondary N) is 2. The van der Waals surface area contributed by atoms with Crippen molar-refractivity contribution in [3.8, 4) is 0 Å². The van der Waals surface area contributed by atoms with E-state index in [2.05, 4.69) is 10.0 Å². The molecule has 1 aliphatic carbocycles. The molecule has 1 saturated carbocycles. The number of para-hydroxylation sites is 1. The van der Waals surface area contributed by atoms with Gasteiger partial charge < -0.3 is 10.4 Å². The summed E-state index contributed by atoms with van der Waals surface area (Å²) in [4.78, 5) is 23.6. The van der Waals surface area contributed by atoms with E-state index in [4.69, 9.17) is 0 Å². The maximum absolute atomic E-state index is 12.4. The topological polar surface area (TPSA) is 113 Å². The molecule has 1 amide bonds. The first-order chi connectivity index (χ1) is 12.8.